The summed E-state index contributed by atoms with van der Waals surface area (Å²) in [5, 5.41) is 2.77. The van der Waals surface area contributed by atoms with E-state index >= 15 is 0 Å². The molecule has 0 aliphatic carbocycles. The Labute approximate surface area is 164 Å². The topological polar surface area (TPSA) is 27.7 Å². The van der Waals surface area contributed by atoms with Gasteiger partial charge in [-0.2, -0.15) is 9.90 Å². The van der Waals surface area contributed by atoms with Gasteiger partial charge in [-0.1, -0.05) is 60.7 Å². The van der Waals surface area contributed by atoms with Crippen LogP contribution in [0.15, 0.2) is 60.7 Å². The highest BCUT2D eigenvalue weighted by molar-refractivity contribution is 7.73. The van der Waals surface area contributed by atoms with E-state index in [4.69, 9.17) is 13.3 Å². The molecule has 0 heterocycles. The second-order valence-electron chi connectivity index (χ2n) is 5.55. The van der Waals surface area contributed by atoms with Gasteiger partial charge in [-0.15, -0.1) is 0 Å². The van der Waals surface area contributed by atoms with Gasteiger partial charge in [-0.05, 0) is 45.5 Å². The fraction of sp³-hybridized carbons (Fsp3) is 0.400. The molecule has 0 bridgehead atoms. The van der Waals surface area contributed by atoms with E-state index in [9.17, 15) is 0 Å². The maximum absolute atomic E-state index is 6.04. The van der Waals surface area contributed by atoms with Crippen LogP contribution in [0.5, 0.6) is 0 Å². The Morgan fingerprint density at radius 3 is 1.42 bits per heavy atom. The minimum absolute atomic E-state index is 0. The summed E-state index contributed by atoms with van der Waals surface area (Å²) in [7, 11) is -3.06. The van der Waals surface area contributed by atoms with Gasteiger partial charge in [0.25, 0.3) is 0 Å². The van der Waals surface area contributed by atoms with E-state index in [-0.39, 0.29) is 9.90 Å². The summed E-state index contributed by atoms with van der Waals surface area (Å²) in [5.74, 6) is 0. The first-order valence-corrected chi connectivity index (χ1v) is 12.5. The molecule has 0 saturated carbocycles. The summed E-state index contributed by atoms with van der Waals surface area (Å²) in [6.07, 6.45) is 1.01. The minimum atomic E-state index is -2.61. The van der Waals surface area contributed by atoms with E-state index < -0.39 is 16.7 Å². The normalized spacial score (nSPS) is 11.4. The summed E-state index contributed by atoms with van der Waals surface area (Å²) in [6, 6.07) is 22.4. The highest BCUT2D eigenvalue weighted by atomic mass is 31.1. The fourth-order valence-electron chi connectivity index (χ4n) is 2.87. The smallest absolute Gasteiger partial charge is 0.374 e. The molecule has 1 unspecified atom stereocenters. The van der Waals surface area contributed by atoms with E-state index in [1.54, 1.807) is 0 Å². The van der Waals surface area contributed by atoms with Crippen LogP contribution in [0, 0.1) is 0 Å². The average molecular weight is 411 g/mol. The summed E-state index contributed by atoms with van der Waals surface area (Å²) in [4.78, 5) is 0. The van der Waals surface area contributed by atoms with Crippen molar-refractivity contribution in [1.82, 2.24) is 0 Å². The number of rotatable bonds is 11. The first-order valence-electron chi connectivity index (χ1n) is 9.04. The molecule has 0 spiro atoms. The standard InChI is InChI=1S/C20H29O3PSi.H3P/c1-4-21-25(22-5-2,23-6-3)18-17-24(19-13-9-7-10-14-19)20-15-11-8-12-16-20;/h7-16H,4-6,17-18H2,1-3H3;1H3. The van der Waals surface area contributed by atoms with Crippen molar-refractivity contribution in [3.8, 4) is 0 Å². The lowest BCUT2D eigenvalue weighted by molar-refractivity contribution is 0.0728. The lowest BCUT2D eigenvalue weighted by Gasteiger charge is -2.30. The molecule has 144 valence electrons. The van der Waals surface area contributed by atoms with Gasteiger partial charge in [0.2, 0.25) is 0 Å². The molecule has 0 aliphatic heterocycles. The molecular weight excluding hydrogens is 378 g/mol. The monoisotopic (exact) mass is 410 g/mol. The molecule has 3 nitrogen and oxygen atoms in total. The second-order valence-corrected chi connectivity index (χ2v) is 10.6. The van der Waals surface area contributed by atoms with Crippen LogP contribution in [-0.4, -0.2) is 34.8 Å². The molecule has 0 radical (unpaired) electrons. The van der Waals surface area contributed by atoms with E-state index in [2.05, 4.69) is 60.7 Å². The van der Waals surface area contributed by atoms with Gasteiger partial charge in [0.1, 0.15) is 0 Å². The molecule has 6 heteroatoms. The van der Waals surface area contributed by atoms with Gasteiger partial charge in [0, 0.05) is 25.9 Å². The van der Waals surface area contributed by atoms with Gasteiger partial charge < -0.3 is 13.3 Å². The largest absolute Gasteiger partial charge is 0.501 e. The zero-order valence-corrected chi connectivity index (χ0v) is 19.5. The summed E-state index contributed by atoms with van der Waals surface area (Å²) in [6.45, 7) is 7.91. The maximum Gasteiger partial charge on any atom is 0.501 e. The first kappa shape index (κ1) is 23.4. The van der Waals surface area contributed by atoms with Crippen LogP contribution in [-0.2, 0) is 13.3 Å². The number of hydrogen-bond donors (Lipinski definition) is 0. The highest BCUT2D eigenvalue weighted by Crippen LogP contribution is 2.36. The van der Waals surface area contributed by atoms with Crippen molar-refractivity contribution in [2.45, 2.75) is 26.8 Å². The molecule has 0 aromatic heterocycles. The van der Waals surface area contributed by atoms with Crippen LogP contribution in [0.25, 0.3) is 0 Å². The van der Waals surface area contributed by atoms with Crippen LogP contribution in [0.3, 0.4) is 0 Å². The summed E-state index contributed by atoms with van der Waals surface area (Å²) < 4.78 is 18.1. The van der Waals surface area contributed by atoms with Crippen LogP contribution >= 0.6 is 17.8 Å². The minimum Gasteiger partial charge on any atom is -0.374 e. The van der Waals surface area contributed by atoms with E-state index in [1.165, 1.54) is 10.6 Å². The Hall–Kier alpha value is -0.603. The molecular formula is C20H32O3P2Si. The van der Waals surface area contributed by atoms with Gasteiger partial charge >= 0.3 is 8.80 Å². The Bertz CT molecular complexity index is 542. The third kappa shape index (κ3) is 6.85. The van der Waals surface area contributed by atoms with Gasteiger partial charge in [-0.3, -0.25) is 0 Å². The predicted octanol–water partition coefficient (Wildman–Crippen LogP) is 4.23. The number of hydrogen-bond acceptors (Lipinski definition) is 3. The first-order chi connectivity index (χ1) is 12.2. The molecule has 0 aliphatic rings. The lowest BCUT2D eigenvalue weighted by atomic mass is 10.4. The van der Waals surface area contributed by atoms with Crippen molar-refractivity contribution in [3.63, 3.8) is 0 Å². The summed E-state index contributed by atoms with van der Waals surface area (Å²) in [5.41, 5.74) is 0. The Balaban J connectivity index is 0.00000338. The van der Waals surface area contributed by atoms with Crippen molar-refractivity contribution in [3.05, 3.63) is 60.7 Å². The van der Waals surface area contributed by atoms with Gasteiger partial charge in [0.15, 0.2) is 0 Å². The molecule has 0 saturated heterocycles. The summed E-state index contributed by atoms with van der Waals surface area (Å²) >= 11 is 0. The molecule has 2 aromatic carbocycles. The van der Waals surface area contributed by atoms with Crippen LogP contribution in [0.4, 0.5) is 0 Å². The maximum atomic E-state index is 6.04. The molecule has 2 rings (SSSR count). The predicted molar refractivity (Wildman–Crippen MR) is 120 cm³/mol. The molecule has 26 heavy (non-hydrogen) atoms. The molecule has 0 fully saturated rings. The highest BCUT2D eigenvalue weighted by Gasteiger charge is 2.40. The average Bonchev–Trinajstić information content (AvgIpc) is 2.64. The quantitative estimate of drug-likeness (QED) is 0.410. The van der Waals surface area contributed by atoms with Crippen LogP contribution in [0.1, 0.15) is 20.8 Å². The van der Waals surface area contributed by atoms with E-state index in [0.717, 1.165) is 12.2 Å². The van der Waals surface area contributed by atoms with Crippen LogP contribution in [0.2, 0.25) is 6.04 Å². The molecule has 1 atom stereocenters. The zero-order chi connectivity index (χ0) is 18.0. The van der Waals surface area contributed by atoms with E-state index in [0.29, 0.717) is 19.8 Å². The van der Waals surface area contributed by atoms with Crippen molar-refractivity contribution in [2.75, 3.05) is 26.0 Å². The van der Waals surface area contributed by atoms with E-state index in [1.807, 2.05) is 20.8 Å². The lowest BCUT2D eigenvalue weighted by Crippen LogP contribution is -2.46. The molecule has 2 aromatic rings. The molecule has 0 N–H and O–H groups in total. The Kier molecular flexibility index (Phi) is 11.5. The second kappa shape index (κ2) is 12.7. The zero-order valence-electron chi connectivity index (χ0n) is 16.2. The Morgan fingerprint density at radius 2 is 1.08 bits per heavy atom. The van der Waals surface area contributed by atoms with Crippen molar-refractivity contribution in [1.29, 1.82) is 0 Å². The van der Waals surface area contributed by atoms with Gasteiger partial charge in [-0.25, -0.2) is 0 Å². The third-order valence-electron chi connectivity index (χ3n) is 3.87. The van der Waals surface area contributed by atoms with Crippen molar-refractivity contribution >= 4 is 37.2 Å². The molecule has 0 amide bonds. The van der Waals surface area contributed by atoms with Crippen molar-refractivity contribution in [2.24, 2.45) is 0 Å². The number of benzene rings is 2. The fourth-order valence-corrected chi connectivity index (χ4v) is 8.74. The van der Waals surface area contributed by atoms with Crippen LogP contribution < -0.4 is 10.6 Å². The van der Waals surface area contributed by atoms with Gasteiger partial charge in [0.05, 0.1) is 0 Å². The Morgan fingerprint density at radius 1 is 0.692 bits per heavy atom. The van der Waals surface area contributed by atoms with Crippen molar-refractivity contribution < 1.29 is 13.3 Å². The third-order valence-corrected chi connectivity index (χ3v) is 9.85. The SMILES string of the molecule is CCO[Si](CCP(c1ccccc1)c1ccccc1)(OCC)OCC.P.